The first kappa shape index (κ1) is 15.1. The maximum atomic E-state index is 12.6. The Kier molecular flexibility index (Phi) is 3.75. The average Bonchev–Trinajstić information content (AvgIpc) is 2.40. The lowest BCUT2D eigenvalue weighted by Crippen LogP contribution is -2.19. The second-order valence-electron chi connectivity index (χ2n) is 4.22. The molecule has 0 saturated heterocycles. The first-order chi connectivity index (χ1) is 9.74. The molecule has 4 nitrogen and oxygen atoms in total. The molecule has 0 atom stereocenters. The van der Waals surface area contributed by atoms with Gasteiger partial charge in [-0.15, -0.1) is 0 Å². The van der Waals surface area contributed by atoms with Crippen LogP contribution in [0.2, 0.25) is 5.02 Å². The largest absolute Gasteiger partial charge is 0.417 e. The predicted octanol–water partition coefficient (Wildman–Crippen LogP) is 2.99. The van der Waals surface area contributed by atoms with Gasteiger partial charge in [0.15, 0.2) is 0 Å². The molecule has 2 aromatic heterocycles. The number of aryl methyl sites for hydroxylation is 1. The van der Waals surface area contributed by atoms with Crippen molar-refractivity contribution in [3.8, 4) is 17.3 Å². The van der Waals surface area contributed by atoms with Crippen LogP contribution in [0.15, 0.2) is 29.3 Å². The standard InChI is InChI=1S/C13H7ClF3N3O/c1-20-6-8(2-7(4-18)12(20)21)11-10(14)3-9(5-19-11)13(15,16)17/h2-3,5-6H,1H3. The van der Waals surface area contributed by atoms with Crippen LogP contribution in [0.3, 0.4) is 0 Å². The summed E-state index contributed by atoms with van der Waals surface area (Å²) < 4.78 is 38.8. The molecule has 0 saturated carbocycles. The zero-order valence-electron chi connectivity index (χ0n) is 10.6. The topological polar surface area (TPSA) is 58.7 Å². The number of rotatable bonds is 1. The van der Waals surface area contributed by atoms with E-state index in [1.165, 1.54) is 19.3 Å². The number of hydrogen-bond donors (Lipinski definition) is 0. The van der Waals surface area contributed by atoms with Crippen molar-refractivity contribution in [3.05, 3.63) is 51.0 Å². The molecule has 2 aromatic rings. The highest BCUT2D eigenvalue weighted by molar-refractivity contribution is 6.33. The Morgan fingerprint density at radius 1 is 1.38 bits per heavy atom. The van der Waals surface area contributed by atoms with Crippen molar-refractivity contribution >= 4 is 11.6 Å². The van der Waals surface area contributed by atoms with Gasteiger partial charge in [0.2, 0.25) is 0 Å². The summed E-state index contributed by atoms with van der Waals surface area (Å²) in [7, 11) is 1.42. The third-order valence-corrected chi connectivity index (χ3v) is 3.03. The quantitative estimate of drug-likeness (QED) is 0.813. The predicted molar refractivity (Wildman–Crippen MR) is 69.6 cm³/mol. The zero-order valence-corrected chi connectivity index (χ0v) is 11.3. The van der Waals surface area contributed by atoms with Crippen LogP contribution in [0.25, 0.3) is 11.3 Å². The van der Waals surface area contributed by atoms with E-state index in [9.17, 15) is 18.0 Å². The minimum atomic E-state index is -4.55. The summed E-state index contributed by atoms with van der Waals surface area (Å²) in [5, 5.41) is 8.65. The third kappa shape index (κ3) is 2.90. The molecule has 0 unspecified atom stereocenters. The van der Waals surface area contributed by atoms with Crippen molar-refractivity contribution < 1.29 is 13.2 Å². The summed E-state index contributed by atoms with van der Waals surface area (Å²) in [4.78, 5) is 15.3. The van der Waals surface area contributed by atoms with E-state index in [4.69, 9.17) is 16.9 Å². The molecule has 21 heavy (non-hydrogen) atoms. The number of pyridine rings is 2. The van der Waals surface area contributed by atoms with Gasteiger partial charge >= 0.3 is 6.18 Å². The van der Waals surface area contributed by atoms with Gasteiger partial charge in [-0.05, 0) is 12.1 Å². The van der Waals surface area contributed by atoms with Crippen LogP contribution in [-0.2, 0) is 13.2 Å². The lowest BCUT2D eigenvalue weighted by Gasteiger charge is -2.10. The highest BCUT2D eigenvalue weighted by atomic mass is 35.5. The van der Waals surface area contributed by atoms with Gasteiger partial charge in [-0.3, -0.25) is 9.78 Å². The first-order valence-electron chi connectivity index (χ1n) is 5.58. The van der Waals surface area contributed by atoms with Gasteiger partial charge < -0.3 is 4.57 Å². The Hall–Kier alpha value is -2.33. The van der Waals surface area contributed by atoms with E-state index in [0.29, 0.717) is 6.20 Å². The average molecular weight is 314 g/mol. The van der Waals surface area contributed by atoms with Gasteiger partial charge in [-0.1, -0.05) is 11.6 Å². The Labute approximate surface area is 122 Å². The number of aromatic nitrogens is 2. The minimum absolute atomic E-state index is 0.0665. The number of nitrogens with zero attached hydrogens (tertiary/aromatic N) is 3. The van der Waals surface area contributed by atoms with Crippen molar-refractivity contribution in [1.82, 2.24) is 9.55 Å². The Morgan fingerprint density at radius 2 is 2.05 bits per heavy atom. The lowest BCUT2D eigenvalue weighted by atomic mass is 10.1. The molecule has 0 N–H and O–H groups in total. The van der Waals surface area contributed by atoms with Gasteiger partial charge in [-0.25, -0.2) is 0 Å². The summed E-state index contributed by atoms with van der Waals surface area (Å²) in [6.07, 6.45) is -2.54. The summed E-state index contributed by atoms with van der Waals surface area (Å²) in [5.74, 6) is 0. The molecule has 108 valence electrons. The molecule has 0 spiro atoms. The second-order valence-corrected chi connectivity index (χ2v) is 4.63. The fraction of sp³-hybridized carbons (Fsp3) is 0.154. The van der Waals surface area contributed by atoms with E-state index < -0.39 is 17.3 Å². The minimum Gasteiger partial charge on any atom is -0.317 e. The molecule has 0 bridgehead atoms. The van der Waals surface area contributed by atoms with Crippen LogP contribution in [0.4, 0.5) is 13.2 Å². The van der Waals surface area contributed by atoms with Gasteiger partial charge in [0.05, 0.1) is 16.3 Å². The second kappa shape index (κ2) is 5.22. The van der Waals surface area contributed by atoms with Crippen molar-refractivity contribution in [2.75, 3.05) is 0 Å². The highest BCUT2D eigenvalue weighted by Crippen LogP contribution is 2.33. The Bertz CT molecular complexity index is 806. The van der Waals surface area contributed by atoms with E-state index in [1.54, 1.807) is 6.07 Å². The van der Waals surface area contributed by atoms with Gasteiger partial charge in [-0.2, -0.15) is 18.4 Å². The third-order valence-electron chi connectivity index (χ3n) is 2.75. The Morgan fingerprint density at radius 3 is 2.57 bits per heavy atom. The normalized spacial score (nSPS) is 11.2. The fourth-order valence-electron chi connectivity index (χ4n) is 1.73. The molecule has 0 aliphatic rings. The molecule has 2 heterocycles. The molecule has 2 rings (SSSR count). The smallest absolute Gasteiger partial charge is 0.317 e. The lowest BCUT2D eigenvalue weighted by molar-refractivity contribution is -0.137. The van der Waals surface area contributed by atoms with Crippen LogP contribution >= 0.6 is 11.6 Å². The van der Waals surface area contributed by atoms with E-state index in [-0.39, 0.29) is 21.8 Å². The monoisotopic (exact) mass is 313 g/mol. The van der Waals surface area contributed by atoms with Crippen LogP contribution in [0.1, 0.15) is 11.1 Å². The van der Waals surface area contributed by atoms with Gasteiger partial charge in [0.1, 0.15) is 11.6 Å². The highest BCUT2D eigenvalue weighted by Gasteiger charge is 2.31. The van der Waals surface area contributed by atoms with Crippen LogP contribution in [0, 0.1) is 11.3 Å². The molecule has 0 aliphatic heterocycles. The van der Waals surface area contributed by atoms with E-state index >= 15 is 0 Å². The zero-order chi connectivity index (χ0) is 15.8. The van der Waals surface area contributed by atoms with Gasteiger partial charge in [0.25, 0.3) is 5.56 Å². The summed E-state index contributed by atoms with van der Waals surface area (Å²) >= 11 is 5.82. The number of halogens is 4. The van der Waals surface area contributed by atoms with Crippen LogP contribution < -0.4 is 5.56 Å². The maximum absolute atomic E-state index is 12.6. The summed E-state index contributed by atoms with van der Waals surface area (Å²) in [6, 6.07) is 3.71. The summed E-state index contributed by atoms with van der Waals surface area (Å²) in [6.45, 7) is 0. The molecule has 8 heteroatoms. The molecule has 0 aliphatic carbocycles. The van der Waals surface area contributed by atoms with E-state index in [1.807, 2.05) is 0 Å². The van der Waals surface area contributed by atoms with Gasteiger partial charge in [0, 0.05) is 25.0 Å². The van der Waals surface area contributed by atoms with Crippen LogP contribution in [0.5, 0.6) is 0 Å². The van der Waals surface area contributed by atoms with Crippen LogP contribution in [-0.4, -0.2) is 9.55 Å². The van der Waals surface area contributed by atoms with Crippen molar-refractivity contribution in [1.29, 1.82) is 5.26 Å². The number of nitriles is 1. The Balaban J connectivity index is 2.61. The van der Waals surface area contributed by atoms with Crippen molar-refractivity contribution in [3.63, 3.8) is 0 Å². The molecular weight excluding hydrogens is 307 g/mol. The molecule has 0 fully saturated rings. The fourth-order valence-corrected chi connectivity index (χ4v) is 2.00. The molecule has 0 radical (unpaired) electrons. The molecule has 0 aromatic carbocycles. The maximum Gasteiger partial charge on any atom is 0.417 e. The van der Waals surface area contributed by atoms with Crippen molar-refractivity contribution in [2.45, 2.75) is 6.18 Å². The summed E-state index contributed by atoms with van der Waals surface area (Å²) in [5.41, 5.74) is -1.28. The van der Waals surface area contributed by atoms with E-state index in [0.717, 1.165) is 10.6 Å². The van der Waals surface area contributed by atoms with E-state index in [2.05, 4.69) is 4.98 Å². The SMILES string of the molecule is Cn1cc(-c2ncc(C(F)(F)F)cc2Cl)cc(C#N)c1=O. The first-order valence-corrected chi connectivity index (χ1v) is 5.95. The number of alkyl halides is 3. The van der Waals surface area contributed by atoms with Crippen molar-refractivity contribution in [2.24, 2.45) is 7.05 Å². The molecular formula is C13H7ClF3N3O. The molecule has 0 amide bonds. The number of hydrogen-bond acceptors (Lipinski definition) is 3.